The molecule has 1 atom stereocenters. The van der Waals surface area contributed by atoms with Gasteiger partial charge in [0.1, 0.15) is 12.0 Å². The van der Waals surface area contributed by atoms with Crippen LogP contribution in [0.5, 0.6) is 0 Å². The number of aromatic carboxylic acids is 1. The van der Waals surface area contributed by atoms with E-state index in [4.69, 9.17) is 9.52 Å². The van der Waals surface area contributed by atoms with Crippen LogP contribution in [-0.4, -0.2) is 29.6 Å². The summed E-state index contributed by atoms with van der Waals surface area (Å²) in [4.78, 5) is 24.3. The summed E-state index contributed by atoms with van der Waals surface area (Å²) >= 11 is 0. The number of rotatable bonds is 2. The molecule has 96 valence electrons. The molecule has 1 saturated carbocycles. The van der Waals surface area contributed by atoms with Crippen LogP contribution >= 0.6 is 0 Å². The van der Waals surface area contributed by atoms with E-state index in [2.05, 4.69) is 5.32 Å². The van der Waals surface area contributed by atoms with E-state index >= 15 is 0 Å². The smallest absolute Gasteiger partial charge is 0.374 e. The first-order chi connectivity index (χ1) is 8.58. The predicted molar refractivity (Wildman–Crippen MR) is 63.8 cm³/mol. The maximum absolute atomic E-state index is 11.7. The highest BCUT2D eigenvalue weighted by molar-refractivity contribution is 6.04. The lowest BCUT2D eigenvalue weighted by Gasteiger charge is -2.33. The molecular formula is C12H14N2O4. The fourth-order valence-corrected chi connectivity index (χ4v) is 2.46. The molecule has 1 fully saturated rings. The number of hydrogen-bond acceptors (Lipinski definition) is 4. The third-order valence-electron chi connectivity index (χ3n) is 3.52. The van der Waals surface area contributed by atoms with Crippen molar-refractivity contribution < 1.29 is 19.1 Å². The van der Waals surface area contributed by atoms with Crippen LogP contribution in [0.3, 0.4) is 0 Å². The second-order valence-electron chi connectivity index (χ2n) is 4.85. The van der Waals surface area contributed by atoms with Gasteiger partial charge in [-0.2, -0.15) is 0 Å². The molecule has 2 aliphatic rings. The van der Waals surface area contributed by atoms with Crippen molar-refractivity contribution in [2.24, 2.45) is 5.92 Å². The second kappa shape index (κ2) is 3.76. The van der Waals surface area contributed by atoms with Crippen LogP contribution in [-0.2, 0) is 4.79 Å². The van der Waals surface area contributed by atoms with Gasteiger partial charge in [-0.3, -0.25) is 4.79 Å². The van der Waals surface area contributed by atoms with E-state index in [0.29, 0.717) is 23.8 Å². The average Bonchev–Trinajstić information content (AvgIpc) is 3.07. The van der Waals surface area contributed by atoms with Crippen LogP contribution in [0.4, 0.5) is 11.4 Å². The fraction of sp³-hybridized carbons (Fsp3) is 0.500. The van der Waals surface area contributed by atoms with Gasteiger partial charge in [-0.05, 0) is 18.8 Å². The molecule has 1 unspecified atom stereocenters. The monoisotopic (exact) mass is 250 g/mol. The zero-order chi connectivity index (χ0) is 12.9. The molecule has 0 saturated heterocycles. The highest BCUT2D eigenvalue weighted by atomic mass is 16.4. The number of nitrogens with one attached hydrogen (secondary N) is 1. The number of furan rings is 1. The van der Waals surface area contributed by atoms with Crippen molar-refractivity contribution in [3.8, 4) is 0 Å². The highest BCUT2D eigenvalue weighted by Gasteiger charge is 2.40. The van der Waals surface area contributed by atoms with E-state index in [-0.39, 0.29) is 17.7 Å². The Balaban J connectivity index is 2.01. The van der Waals surface area contributed by atoms with Crippen LogP contribution in [0.25, 0.3) is 0 Å². The standard InChI is InChI=1S/C12H14N2O4/c1-6(15)14-4-8(7-2-3-7)13-9-5-18-11(10(9)14)12(16)17/h5,7-8,13H,2-4H2,1H3,(H,16,17). The fourth-order valence-electron chi connectivity index (χ4n) is 2.46. The Morgan fingerprint density at radius 2 is 2.22 bits per heavy atom. The Labute approximate surface area is 104 Å². The van der Waals surface area contributed by atoms with E-state index in [0.717, 1.165) is 12.8 Å². The Bertz CT molecular complexity index is 518. The predicted octanol–water partition coefficient (Wildman–Crippen LogP) is 1.53. The number of carbonyl (C=O) groups excluding carboxylic acids is 1. The lowest BCUT2D eigenvalue weighted by Crippen LogP contribution is -2.45. The summed E-state index contributed by atoms with van der Waals surface area (Å²) in [6, 6.07) is 0.195. The first-order valence-corrected chi connectivity index (χ1v) is 5.97. The van der Waals surface area contributed by atoms with Gasteiger partial charge in [0.25, 0.3) is 0 Å². The Kier molecular flexibility index (Phi) is 2.33. The van der Waals surface area contributed by atoms with Gasteiger partial charge in [-0.15, -0.1) is 0 Å². The van der Waals surface area contributed by atoms with Crippen molar-refractivity contribution in [2.75, 3.05) is 16.8 Å². The first kappa shape index (κ1) is 11.1. The van der Waals surface area contributed by atoms with Gasteiger partial charge in [0.2, 0.25) is 11.7 Å². The number of anilines is 2. The zero-order valence-corrected chi connectivity index (χ0v) is 9.97. The number of carboxylic acids is 1. The molecule has 2 N–H and O–H groups in total. The Hall–Kier alpha value is -1.98. The summed E-state index contributed by atoms with van der Waals surface area (Å²) in [5.41, 5.74) is 0.956. The minimum Gasteiger partial charge on any atom is -0.475 e. The third-order valence-corrected chi connectivity index (χ3v) is 3.52. The van der Waals surface area contributed by atoms with Gasteiger partial charge in [0.15, 0.2) is 0 Å². The Morgan fingerprint density at radius 3 is 2.78 bits per heavy atom. The van der Waals surface area contributed by atoms with E-state index in [1.54, 1.807) is 0 Å². The SMILES string of the molecule is CC(=O)N1CC(C2CC2)Nc2coc(C(=O)O)c21. The van der Waals surface area contributed by atoms with Gasteiger partial charge in [-0.25, -0.2) is 4.79 Å². The van der Waals surface area contributed by atoms with Gasteiger partial charge >= 0.3 is 5.97 Å². The molecule has 1 aliphatic heterocycles. The molecule has 0 aromatic carbocycles. The molecule has 1 aliphatic carbocycles. The molecular weight excluding hydrogens is 236 g/mol. The summed E-state index contributed by atoms with van der Waals surface area (Å²) in [7, 11) is 0. The number of carbonyl (C=O) groups is 2. The molecule has 6 heteroatoms. The van der Waals surface area contributed by atoms with E-state index in [1.807, 2.05) is 0 Å². The lowest BCUT2D eigenvalue weighted by atomic mass is 10.1. The number of amides is 1. The topological polar surface area (TPSA) is 82.8 Å². The van der Waals surface area contributed by atoms with Gasteiger partial charge in [0, 0.05) is 19.5 Å². The van der Waals surface area contributed by atoms with Crippen molar-refractivity contribution >= 4 is 23.3 Å². The quantitative estimate of drug-likeness (QED) is 0.831. The summed E-state index contributed by atoms with van der Waals surface area (Å²) in [6.07, 6.45) is 3.69. The Morgan fingerprint density at radius 1 is 1.50 bits per heavy atom. The minimum absolute atomic E-state index is 0.160. The van der Waals surface area contributed by atoms with Gasteiger partial charge in [-0.1, -0.05) is 0 Å². The summed E-state index contributed by atoms with van der Waals surface area (Å²) in [5.74, 6) is -0.924. The van der Waals surface area contributed by atoms with Crippen molar-refractivity contribution in [1.29, 1.82) is 0 Å². The van der Waals surface area contributed by atoms with Crippen molar-refractivity contribution in [3.05, 3.63) is 12.0 Å². The summed E-state index contributed by atoms with van der Waals surface area (Å²) in [5, 5.41) is 12.3. The second-order valence-corrected chi connectivity index (χ2v) is 4.85. The molecule has 1 aromatic rings. The third kappa shape index (κ3) is 1.64. The summed E-state index contributed by atoms with van der Waals surface area (Å²) < 4.78 is 5.05. The average molecular weight is 250 g/mol. The highest BCUT2D eigenvalue weighted by Crippen LogP contribution is 2.42. The van der Waals surface area contributed by atoms with E-state index in [1.165, 1.54) is 18.1 Å². The normalized spacial score (nSPS) is 22.3. The number of nitrogens with zero attached hydrogens (tertiary/aromatic N) is 1. The minimum atomic E-state index is -1.16. The number of carboxylic acid groups (broad SMARTS) is 1. The summed E-state index contributed by atoms with van der Waals surface area (Å²) in [6.45, 7) is 1.95. The van der Waals surface area contributed by atoms with Crippen molar-refractivity contribution in [1.82, 2.24) is 0 Å². The van der Waals surface area contributed by atoms with E-state index < -0.39 is 5.97 Å². The lowest BCUT2D eigenvalue weighted by molar-refractivity contribution is -0.116. The molecule has 1 amide bonds. The molecule has 18 heavy (non-hydrogen) atoms. The van der Waals surface area contributed by atoms with Crippen LogP contribution in [0.2, 0.25) is 0 Å². The molecule has 3 rings (SSSR count). The van der Waals surface area contributed by atoms with Crippen LogP contribution in [0.15, 0.2) is 10.7 Å². The zero-order valence-electron chi connectivity index (χ0n) is 9.97. The molecule has 0 bridgehead atoms. The largest absolute Gasteiger partial charge is 0.475 e. The van der Waals surface area contributed by atoms with Crippen LogP contribution in [0, 0.1) is 5.92 Å². The van der Waals surface area contributed by atoms with Gasteiger partial charge < -0.3 is 19.7 Å². The number of fused-ring (bicyclic) bond motifs is 1. The maximum Gasteiger partial charge on any atom is 0.374 e. The van der Waals surface area contributed by atoms with Crippen LogP contribution in [0.1, 0.15) is 30.3 Å². The number of hydrogen-bond donors (Lipinski definition) is 2. The van der Waals surface area contributed by atoms with Crippen LogP contribution < -0.4 is 10.2 Å². The first-order valence-electron chi connectivity index (χ1n) is 5.97. The molecule has 0 radical (unpaired) electrons. The molecule has 1 aromatic heterocycles. The van der Waals surface area contributed by atoms with Crippen molar-refractivity contribution in [3.63, 3.8) is 0 Å². The molecule has 0 spiro atoms. The molecule has 2 heterocycles. The van der Waals surface area contributed by atoms with Gasteiger partial charge in [0.05, 0.1) is 5.69 Å². The maximum atomic E-state index is 11.7. The molecule has 6 nitrogen and oxygen atoms in total. The van der Waals surface area contributed by atoms with Crippen molar-refractivity contribution in [2.45, 2.75) is 25.8 Å². The van der Waals surface area contributed by atoms with E-state index in [9.17, 15) is 9.59 Å².